The molecule has 0 saturated carbocycles. The van der Waals surface area contributed by atoms with Crippen LogP contribution in [0.1, 0.15) is 17.3 Å². The molecule has 1 saturated heterocycles. The number of ether oxygens (including phenoxy) is 1. The summed E-state index contributed by atoms with van der Waals surface area (Å²) in [6.45, 7) is 5.96. The van der Waals surface area contributed by atoms with Gasteiger partial charge in [-0.1, -0.05) is 24.3 Å². The monoisotopic (exact) mass is 477 g/mol. The van der Waals surface area contributed by atoms with Crippen LogP contribution in [-0.4, -0.2) is 70.5 Å². The van der Waals surface area contributed by atoms with Gasteiger partial charge in [0.2, 0.25) is 0 Å². The fourth-order valence-corrected chi connectivity index (χ4v) is 4.14. The lowest BCUT2D eigenvalue weighted by Gasteiger charge is -2.32. The summed E-state index contributed by atoms with van der Waals surface area (Å²) in [7, 11) is 2.08. The molecule has 1 N–H and O–H groups in total. The highest BCUT2D eigenvalue weighted by Gasteiger charge is 2.20. The van der Waals surface area contributed by atoms with Crippen LogP contribution >= 0.6 is 12.4 Å². The molecule has 5 rings (SSSR count). The first-order chi connectivity index (χ1) is 16.1. The largest absolute Gasteiger partial charge is 0.494 e. The van der Waals surface area contributed by atoms with Crippen LogP contribution in [-0.2, 0) is 0 Å². The topological polar surface area (TPSA) is 74.3 Å². The normalized spacial score (nSPS) is 14.1. The van der Waals surface area contributed by atoms with Crippen LogP contribution in [0, 0.1) is 0 Å². The highest BCUT2D eigenvalue weighted by molar-refractivity contribution is 5.95. The maximum absolute atomic E-state index is 12.8. The standard InChI is InChI=1S/C26H27N5O2.ClH/c1-3-33-21-10-8-18(9-11-21)22-12-13-27-25-23(22)28-24(29-25)19-4-6-20(7-5-19)26(32)31-16-14-30(2)15-17-31;/h4-13H,3,14-17H2,1-2H3,(H,27,28,29);1H. The van der Waals surface area contributed by atoms with Crippen molar-refractivity contribution >= 4 is 29.5 Å². The first-order valence-electron chi connectivity index (χ1n) is 11.3. The second-order valence-corrected chi connectivity index (χ2v) is 8.27. The van der Waals surface area contributed by atoms with Gasteiger partial charge in [-0.25, -0.2) is 9.97 Å². The van der Waals surface area contributed by atoms with E-state index in [1.807, 2.05) is 66.4 Å². The van der Waals surface area contributed by atoms with Gasteiger partial charge < -0.3 is 19.5 Å². The minimum Gasteiger partial charge on any atom is -0.494 e. The van der Waals surface area contributed by atoms with Crippen molar-refractivity contribution in [2.45, 2.75) is 6.92 Å². The van der Waals surface area contributed by atoms with Crippen molar-refractivity contribution < 1.29 is 9.53 Å². The molecule has 0 radical (unpaired) electrons. The minimum absolute atomic E-state index is 0. The van der Waals surface area contributed by atoms with E-state index in [0.717, 1.165) is 65.6 Å². The van der Waals surface area contributed by atoms with E-state index in [4.69, 9.17) is 9.72 Å². The number of carbonyl (C=O) groups excluding carboxylic acids is 1. The van der Waals surface area contributed by atoms with Crippen molar-refractivity contribution in [2.75, 3.05) is 39.8 Å². The number of hydrogen-bond acceptors (Lipinski definition) is 5. The average molecular weight is 478 g/mol. The first kappa shape index (κ1) is 23.7. The number of halogens is 1. The zero-order valence-corrected chi connectivity index (χ0v) is 20.1. The van der Waals surface area contributed by atoms with Crippen molar-refractivity contribution in [3.05, 3.63) is 66.4 Å². The molecular formula is C26H28ClN5O2. The minimum atomic E-state index is 0. The average Bonchev–Trinajstić information content (AvgIpc) is 3.30. The number of aromatic amines is 1. The molecule has 1 amide bonds. The second-order valence-electron chi connectivity index (χ2n) is 8.27. The van der Waals surface area contributed by atoms with E-state index < -0.39 is 0 Å². The molecule has 0 bridgehead atoms. The third-order valence-electron chi connectivity index (χ3n) is 6.06. The molecule has 3 heterocycles. The molecule has 2 aromatic carbocycles. The summed E-state index contributed by atoms with van der Waals surface area (Å²) in [5, 5.41) is 0. The van der Waals surface area contributed by atoms with Crippen LogP contribution in [0.2, 0.25) is 0 Å². The zero-order chi connectivity index (χ0) is 22.8. The number of nitrogens with zero attached hydrogens (tertiary/aromatic N) is 4. The molecule has 1 fully saturated rings. The number of piperazine rings is 1. The predicted molar refractivity (Wildman–Crippen MR) is 137 cm³/mol. The lowest BCUT2D eigenvalue weighted by atomic mass is 10.1. The molecule has 0 aliphatic carbocycles. The number of carbonyl (C=O) groups is 1. The molecule has 34 heavy (non-hydrogen) atoms. The maximum Gasteiger partial charge on any atom is 0.253 e. The van der Waals surface area contributed by atoms with Crippen LogP contribution < -0.4 is 4.74 Å². The van der Waals surface area contributed by atoms with Crippen LogP contribution in [0.15, 0.2) is 60.8 Å². The molecule has 0 spiro atoms. The van der Waals surface area contributed by atoms with Crippen molar-refractivity contribution in [2.24, 2.45) is 0 Å². The van der Waals surface area contributed by atoms with E-state index >= 15 is 0 Å². The number of H-pyrrole nitrogens is 1. The van der Waals surface area contributed by atoms with Gasteiger partial charge in [0, 0.05) is 49.1 Å². The van der Waals surface area contributed by atoms with Gasteiger partial charge in [0.05, 0.1) is 6.61 Å². The van der Waals surface area contributed by atoms with Crippen molar-refractivity contribution in [3.63, 3.8) is 0 Å². The quantitative estimate of drug-likeness (QED) is 0.458. The van der Waals surface area contributed by atoms with Crippen molar-refractivity contribution in [1.82, 2.24) is 24.8 Å². The Bertz CT molecular complexity index is 1260. The van der Waals surface area contributed by atoms with E-state index in [1.54, 1.807) is 6.20 Å². The molecule has 4 aromatic rings. The molecular weight excluding hydrogens is 450 g/mol. The zero-order valence-electron chi connectivity index (χ0n) is 19.3. The molecule has 176 valence electrons. The van der Waals surface area contributed by atoms with Gasteiger partial charge in [0.1, 0.15) is 17.1 Å². The van der Waals surface area contributed by atoms with Gasteiger partial charge in [0.25, 0.3) is 5.91 Å². The number of rotatable bonds is 5. The lowest BCUT2D eigenvalue weighted by Crippen LogP contribution is -2.47. The maximum atomic E-state index is 12.8. The molecule has 0 unspecified atom stereocenters. The summed E-state index contributed by atoms with van der Waals surface area (Å²) in [5.74, 6) is 1.66. The summed E-state index contributed by atoms with van der Waals surface area (Å²) in [6, 6.07) is 17.6. The summed E-state index contributed by atoms with van der Waals surface area (Å²) in [4.78, 5) is 29.6. The van der Waals surface area contributed by atoms with Crippen molar-refractivity contribution in [3.8, 4) is 28.3 Å². The number of benzene rings is 2. The first-order valence-corrected chi connectivity index (χ1v) is 11.3. The van der Waals surface area contributed by atoms with Gasteiger partial charge in [0.15, 0.2) is 5.65 Å². The number of pyridine rings is 1. The Morgan fingerprint density at radius 3 is 2.32 bits per heavy atom. The predicted octanol–water partition coefficient (Wildman–Crippen LogP) is 4.50. The summed E-state index contributed by atoms with van der Waals surface area (Å²) < 4.78 is 5.55. The molecule has 8 heteroatoms. The molecule has 0 atom stereocenters. The Morgan fingerprint density at radius 1 is 0.971 bits per heavy atom. The number of aromatic nitrogens is 3. The number of fused-ring (bicyclic) bond motifs is 1. The third kappa shape index (κ3) is 4.76. The highest BCUT2D eigenvalue weighted by atomic mass is 35.5. The van der Waals surface area contributed by atoms with Gasteiger partial charge in [-0.3, -0.25) is 4.79 Å². The van der Waals surface area contributed by atoms with Gasteiger partial charge >= 0.3 is 0 Å². The number of imidazole rings is 1. The Labute approximate surface area is 205 Å². The summed E-state index contributed by atoms with van der Waals surface area (Å²) >= 11 is 0. The van der Waals surface area contributed by atoms with Gasteiger partial charge in [-0.2, -0.15) is 0 Å². The van der Waals surface area contributed by atoms with Crippen molar-refractivity contribution in [1.29, 1.82) is 0 Å². The lowest BCUT2D eigenvalue weighted by molar-refractivity contribution is 0.0664. The molecule has 1 aliphatic rings. The van der Waals surface area contributed by atoms with Crippen LogP contribution in [0.5, 0.6) is 5.75 Å². The summed E-state index contributed by atoms with van der Waals surface area (Å²) in [5.41, 5.74) is 5.22. The number of likely N-dealkylation sites (N-methyl/N-ethyl adjacent to an activating group) is 1. The Morgan fingerprint density at radius 2 is 1.65 bits per heavy atom. The summed E-state index contributed by atoms with van der Waals surface area (Å²) in [6.07, 6.45) is 1.79. The molecule has 1 aliphatic heterocycles. The smallest absolute Gasteiger partial charge is 0.253 e. The van der Waals surface area contributed by atoms with E-state index in [9.17, 15) is 4.79 Å². The van der Waals surface area contributed by atoms with E-state index in [1.165, 1.54) is 0 Å². The SMILES string of the molecule is CCOc1ccc(-c2ccnc3[nH]c(-c4ccc(C(=O)N5CCN(C)CC5)cc4)nc23)cc1.Cl. The van der Waals surface area contributed by atoms with E-state index in [2.05, 4.69) is 21.9 Å². The highest BCUT2D eigenvalue weighted by Crippen LogP contribution is 2.30. The van der Waals surface area contributed by atoms with Crippen LogP contribution in [0.3, 0.4) is 0 Å². The third-order valence-corrected chi connectivity index (χ3v) is 6.06. The van der Waals surface area contributed by atoms with E-state index in [-0.39, 0.29) is 18.3 Å². The fourth-order valence-electron chi connectivity index (χ4n) is 4.14. The number of nitrogens with one attached hydrogen (secondary N) is 1. The van der Waals surface area contributed by atoms with E-state index in [0.29, 0.717) is 12.2 Å². The Hall–Kier alpha value is -3.42. The van der Waals surface area contributed by atoms with Crippen LogP contribution in [0.25, 0.3) is 33.7 Å². The van der Waals surface area contributed by atoms with Gasteiger partial charge in [-0.15, -0.1) is 12.4 Å². The molecule has 7 nitrogen and oxygen atoms in total. The van der Waals surface area contributed by atoms with Crippen LogP contribution in [0.4, 0.5) is 0 Å². The fraction of sp³-hybridized carbons (Fsp3) is 0.269. The second kappa shape index (κ2) is 10.2. The Balaban J connectivity index is 0.00000274. The number of hydrogen-bond donors (Lipinski definition) is 1. The number of amides is 1. The molecule has 2 aromatic heterocycles. The Kier molecular flexibility index (Phi) is 7.14. The van der Waals surface area contributed by atoms with Gasteiger partial charge in [-0.05, 0) is 49.9 Å².